The third kappa shape index (κ3) is 2.31. The monoisotopic (exact) mass is 309 g/mol. The van der Waals surface area contributed by atoms with Gasteiger partial charge >= 0.3 is 5.97 Å². The highest BCUT2D eigenvalue weighted by atomic mass is 79.9. The van der Waals surface area contributed by atoms with Crippen LogP contribution in [0.2, 0.25) is 0 Å². The van der Waals surface area contributed by atoms with Gasteiger partial charge in [-0.25, -0.2) is 4.79 Å². The maximum atomic E-state index is 11.6. The van der Waals surface area contributed by atoms with Gasteiger partial charge in [0.05, 0.1) is 5.57 Å². The quantitative estimate of drug-likeness (QED) is 0.881. The van der Waals surface area contributed by atoms with E-state index in [1.165, 1.54) is 0 Å². The number of nitrogens with one attached hydrogen (secondary N) is 1. The highest BCUT2D eigenvalue weighted by Crippen LogP contribution is 2.36. The van der Waals surface area contributed by atoms with Crippen molar-refractivity contribution in [1.29, 1.82) is 0 Å². The van der Waals surface area contributed by atoms with Gasteiger partial charge in [-0.15, -0.1) is 0 Å². The van der Waals surface area contributed by atoms with Gasteiger partial charge in [0.2, 0.25) is 5.91 Å². The molecule has 1 unspecified atom stereocenters. The fourth-order valence-electron chi connectivity index (χ4n) is 2.21. The van der Waals surface area contributed by atoms with Gasteiger partial charge in [0, 0.05) is 22.5 Å². The van der Waals surface area contributed by atoms with E-state index in [1.807, 2.05) is 24.3 Å². The lowest BCUT2D eigenvalue weighted by Gasteiger charge is -2.26. The zero-order valence-corrected chi connectivity index (χ0v) is 11.3. The Bertz CT molecular complexity index is 551. The molecule has 0 fully saturated rings. The van der Waals surface area contributed by atoms with Crippen LogP contribution < -0.4 is 5.32 Å². The lowest BCUT2D eigenvalue weighted by atomic mass is 9.84. The Morgan fingerprint density at radius 3 is 2.72 bits per heavy atom. The molecule has 4 nitrogen and oxygen atoms in total. The minimum absolute atomic E-state index is 0.154. The fourth-order valence-corrected chi connectivity index (χ4v) is 2.77. The van der Waals surface area contributed by atoms with Crippen molar-refractivity contribution >= 4 is 27.8 Å². The smallest absolute Gasteiger partial charge is 0.333 e. The molecule has 0 spiro atoms. The number of carbonyl (C=O) groups excluding carboxylic acids is 1. The minimum Gasteiger partial charge on any atom is -0.478 e. The van der Waals surface area contributed by atoms with Crippen molar-refractivity contribution in [3.63, 3.8) is 0 Å². The first-order chi connectivity index (χ1) is 8.50. The molecule has 5 heteroatoms. The van der Waals surface area contributed by atoms with Crippen molar-refractivity contribution in [3.05, 3.63) is 45.6 Å². The van der Waals surface area contributed by atoms with Crippen molar-refractivity contribution in [2.24, 2.45) is 0 Å². The topological polar surface area (TPSA) is 66.4 Å². The van der Waals surface area contributed by atoms with E-state index >= 15 is 0 Å². The molecule has 2 N–H and O–H groups in total. The number of rotatable bonds is 2. The molecular weight excluding hydrogens is 298 g/mol. The van der Waals surface area contributed by atoms with Gasteiger partial charge in [-0.1, -0.05) is 34.1 Å². The standard InChI is InChI=1S/C13H12BrNO3/c1-7-12(13(17)18)9(6-11(16)15-7)8-4-2-3-5-10(8)14/h2-5,9H,6H2,1H3,(H,15,16)(H,17,18). The van der Waals surface area contributed by atoms with Gasteiger partial charge < -0.3 is 10.4 Å². The normalized spacial score (nSPS) is 19.7. The Hall–Kier alpha value is -1.62. The van der Waals surface area contributed by atoms with E-state index in [-0.39, 0.29) is 17.9 Å². The van der Waals surface area contributed by atoms with Crippen LogP contribution in [0.15, 0.2) is 40.0 Å². The molecule has 1 amide bonds. The molecule has 1 heterocycles. The number of hydrogen-bond donors (Lipinski definition) is 2. The molecule has 0 aromatic heterocycles. The van der Waals surface area contributed by atoms with Crippen LogP contribution in [0.5, 0.6) is 0 Å². The summed E-state index contributed by atoms with van der Waals surface area (Å²) in [5, 5.41) is 11.9. The molecular formula is C13H12BrNO3. The highest BCUT2D eigenvalue weighted by molar-refractivity contribution is 9.10. The van der Waals surface area contributed by atoms with E-state index in [4.69, 9.17) is 0 Å². The van der Waals surface area contributed by atoms with Gasteiger partial charge in [-0.2, -0.15) is 0 Å². The average molecular weight is 310 g/mol. The van der Waals surface area contributed by atoms with Crippen LogP contribution >= 0.6 is 15.9 Å². The van der Waals surface area contributed by atoms with Gasteiger partial charge in [-0.05, 0) is 18.6 Å². The lowest BCUT2D eigenvalue weighted by Crippen LogP contribution is -2.33. The van der Waals surface area contributed by atoms with E-state index in [2.05, 4.69) is 21.2 Å². The summed E-state index contributed by atoms with van der Waals surface area (Å²) >= 11 is 3.40. The van der Waals surface area contributed by atoms with Crippen LogP contribution in [0.1, 0.15) is 24.8 Å². The summed E-state index contributed by atoms with van der Waals surface area (Å²) in [7, 11) is 0. The first kappa shape index (κ1) is 12.8. The van der Waals surface area contributed by atoms with Crippen LogP contribution in [0.3, 0.4) is 0 Å². The van der Waals surface area contributed by atoms with Gasteiger partial charge in [0.1, 0.15) is 0 Å². The summed E-state index contributed by atoms with van der Waals surface area (Å²) in [4.78, 5) is 22.9. The fraction of sp³-hybridized carbons (Fsp3) is 0.231. The number of halogens is 1. The SMILES string of the molecule is CC1=C(C(=O)O)C(c2ccccc2Br)CC(=O)N1. The molecule has 1 aromatic rings. The highest BCUT2D eigenvalue weighted by Gasteiger charge is 2.32. The van der Waals surface area contributed by atoms with Crippen LogP contribution in [0.25, 0.3) is 0 Å². The molecule has 1 atom stereocenters. The summed E-state index contributed by atoms with van der Waals surface area (Å²) in [6.45, 7) is 1.62. The number of hydrogen-bond acceptors (Lipinski definition) is 2. The van der Waals surface area contributed by atoms with E-state index in [0.717, 1.165) is 10.0 Å². The van der Waals surface area contributed by atoms with Crippen LogP contribution in [0.4, 0.5) is 0 Å². The van der Waals surface area contributed by atoms with Crippen LogP contribution in [0, 0.1) is 0 Å². The zero-order chi connectivity index (χ0) is 13.3. The van der Waals surface area contributed by atoms with E-state index < -0.39 is 11.9 Å². The number of benzene rings is 1. The number of carboxylic acids is 1. The Labute approximate surface area is 113 Å². The van der Waals surface area contributed by atoms with Crippen molar-refractivity contribution in [1.82, 2.24) is 5.32 Å². The Morgan fingerprint density at radius 2 is 2.11 bits per heavy atom. The number of carbonyl (C=O) groups is 2. The second-order valence-corrected chi connectivity index (χ2v) is 5.02. The van der Waals surface area contributed by atoms with Gasteiger partial charge in [0.15, 0.2) is 0 Å². The first-order valence-corrected chi connectivity index (χ1v) is 6.28. The maximum absolute atomic E-state index is 11.6. The molecule has 1 aliphatic heterocycles. The molecule has 0 aliphatic carbocycles. The summed E-state index contributed by atoms with van der Waals surface area (Å²) in [5.74, 6) is -1.56. The second kappa shape index (κ2) is 4.94. The zero-order valence-electron chi connectivity index (χ0n) is 9.74. The number of allylic oxidation sites excluding steroid dienone is 1. The first-order valence-electron chi connectivity index (χ1n) is 5.49. The van der Waals surface area contributed by atoms with E-state index in [1.54, 1.807) is 6.92 Å². The minimum atomic E-state index is -0.992. The van der Waals surface area contributed by atoms with Crippen LogP contribution in [-0.2, 0) is 9.59 Å². The molecule has 1 aromatic carbocycles. The molecule has 1 aliphatic rings. The molecule has 94 valence electrons. The number of amides is 1. The molecule has 0 radical (unpaired) electrons. The predicted molar refractivity (Wildman–Crippen MR) is 70.0 cm³/mol. The molecule has 2 rings (SSSR count). The second-order valence-electron chi connectivity index (χ2n) is 4.17. The summed E-state index contributed by atoms with van der Waals surface area (Å²) in [6, 6.07) is 7.37. The molecule has 0 saturated heterocycles. The Kier molecular flexibility index (Phi) is 3.52. The molecule has 0 bridgehead atoms. The Morgan fingerprint density at radius 1 is 1.44 bits per heavy atom. The van der Waals surface area contributed by atoms with Gasteiger partial charge in [-0.3, -0.25) is 4.79 Å². The van der Waals surface area contributed by atoms with Crippen molar-refractivity contribution < 1.29 is 14.7 Å². The molecule has 0 saturated carbocycles. The third-order valence-corrected chi connectivity index (χ3v) is 3.70. The number of aliphatic carboxylic acids is 1. The molecule has 18 heavy (non-hydrogen) atoms. The summed E-state index contributed by atoms with van der Waals surface area (Å²) in [5.41, 5.74) is 1.49. The number of carboxylic acid groups (broad SMARTS) is 1. The Balaban J connectivity index is 2.54. The largest absolute Gasteiger partial charge is 0.478 e. The van der Waals surface area contributed by atoms with E-state index in [0.29, 0.717) is 5.70 Å². The van der Waals surface area contributed by atoms with Crippen LogP contribution in [-0.4, -0.2) is 17.0 Å². The average Bonchev–Trinajstić information content (AvgIpc) is 2.27. The summed E-state index contributed by atoms with van der Waals surface area (Å²) in [6.07, 6.45) is 0.154. The predicted octanol–water partition coefficient (Wildman–Crippen LogP) is 2.41. The van der Waals surface area contributed by atoms with Crippen molar-refractivity contribution in [2.45, 2.75) is 19.3 Å². The van der Waals surface area contributed by atoms with Crippen molar-refractivity contribution in [3.8, 4) is 0 Å². The maximum Gasteiger partial charge on any atom is 0.333 e. The summed E-state index contributed by atoms with van der Waals surface area (Å²) < 4.78 is 0.816. The van der Waals surface area contributed by atoms with E-state index in [9.17, 15) is 14.7 Å². The van der Waals surface area contributed by atoms with Crippen molar-refractivity contribution in [2.75, 3.05) is 0 Å². The third-order valence-electron chi connectivity index (χ3n) is 2.98. The lowest BCUT2D eigenvalue weighted by molar-refractivity contribution is -0.133. The van der Waals surface area contributed by atoms with Gasteiger partial charge in [0.25, 0.3) is 0 Å².